The lowest BCUT2D eigenvalue weighted by Crippen LogP contribution is -2.34. The van der Waals surface area contributed by atoms with Gasteiger partial charge in [-0.05, 0) is 69.3 Å². The monoisotopic (exact) mass is 394 g/mol. The van der Waals surface area contributed by atoms with E-state index in [2.05, 4.69) is 26.8 Å². The third-order valence-corrected chi connectivity index (χ3v) is 6.51. The van der Waals surface area contributed by atoms with Crippen LogP contribution in [-0.2, 0) is 26.4 Å². The van der Waals surface area contributed by atoms with Gasteiger partial charge in [-0.3, -0.25) is 9.58 Å². The molecule has 8 heteroatoms. The molecule has 0 saturated carbocycles. The fourth-order valence-electron chi connectivity index (χ4n) is 4.80. The molecular weight excluding hydrogens is 364 g/mol. The van der Waals surface area contributed by atoms with E-state index >= 15 is 0 Å². The number of aryl methyl sites for hydroxylation is 2. The van der Waals surface area contributed by atoms with Gasteiger partial charge in [-0.2, -0.15) is 9.61 Å². The largest absolute Gasteiger partial charge is 0.361 e. The first kappa shape index (κ1) is 18.5. The van der Waals surface area contributed by atoms with E-state index in [4.69, 9.17) is 10.2 Å². The van der Waals surface area contributed by atoms with Crippen molar-refractivity contribution in [3.8, 4) is 0 Å². The number of hydrogen-bond acceptors (Lipinski definition) is 6. The van der Waals surface area contributed by atoms with Gasteiger partial charge in [0.05, 0.1) is 11.4 Å². The second-order valence-corrected chi connectivity index (χ2v) is 8.67. The van der Waals surface area contributed by atoms with Crippen LogP contribution in [0.15, 0.2) is 12.1 Å². The maximum absolute atomic E-state index is 4.78. The molecule has 3 aromatic heterocycles. The van der Waals surface area contributed by atoms with Crippen LogP contribution >= 0.6 is 0 Å². The summed E-state index contributed by atoms with van der Waals surface area (Å²) in [5.74, 6) is 2.34. The maximum atomic E-state index is 4.78. The van der Waals surface area contributed by atoms with Crippen molar-refractivity contribution in [1.29, 1.82) is 0 Å². The predicted molar refractivity (Wildman–Crippen MR) is 112 cm³/mol. The van der Waals surface area contributed by atoms with E-state index < -0.39 is 0 Å². The maximum Gasteiger partial charge on any atom is 0.178 e. The molecular formula is C21H30N8. The van der Waals surface area contributed by atoms with Gasteiger partial charge in [0.2, 0.25) is 0 Å². The summed E-state index contributed by atoms with van der Waals surface area (Å²) < 4.78 is 4.06. The third-order valence-electron chi connectivity index (χ3n) is 6.51. The van der Waals surface area contributed by atoms with Crippen molar-refractivity contribution in [2.24, 2.45) is 7.05 Å². The molecule has 154 valence electrons. The first-order valence-corrected chi connectivity index (χ1v) is 10.8. The summed E-state index contributed by atoms with van der Waals surface area (Å²) >= 11 is 0. The molecule has 1 fully saturated rings. The minimum absolute atomic E-state index is 0.409. The Bertz CT molecular complexity index is 1010. The van der Waals surface area contributed by atoms with E-state index in [0.717, 1.165) is 56.2 Å². The third kappa shape index (κ3) is 3.39. The van der Waals surface area contributed by atoms with E-state index in [-0.39, 0.29) is 0 Å². The predicted octanol–water partition coefficient (Wildman–Crippen LogP) is 2.18. The summed E-state index contributed by atoms with van der Waals surface area (Å²) in [4.78, 5) is 4.59. The van der Waals surface area contributed by atoms with Crippen molar-refractivity contribution in [3.63, 3.8) is 0 Å². The first-order valence-electron chi connectivity index (χ1n) is 10.8. The molecule has 29 heavy (non-hydrogen) atoms. The first-order chi connectivity index (χ1) is 14.1. The molecule has 0 unspecified atom stereocenters. The SMILES string of the molecule is CN(C)c1ccc2nnc(C3CCN(Cc4c5c(nn4C)CCCC5)CC3)n2n1. The summed E-state index contributed by atoms with van der Waals surface area (Å²) in [5, 5.41) is 18.4. The van der Waals surface area contributed by atoms with Gasteiger partial charge in [0.25, 0.3) is 0 Å². The molecule has 0 N–H and O–H groups in total. The van der Waals surface area contributed by atoms with E-state index in [1.54, 1.807) is 0 Å². The molecule has 0 atom stereocenters. The molecule has 1 saturated heterocycles. The van der Waals surface area contributed by atoms with Crippen LogP contribution in [0.25, 0.3) is 5.65 Å². The zero-order chi connectivity index (χ0) is 20.0. The minimum atomic E-state index is 0.409. The summed E-state index contributed by atoms with van der Waals surface area (Å²) in [6.45, 7) is 3.16. The second-order valence-electron chi connectivity index (χ2n) is 8.67. The van der Waals surface area contributed by atoms with Gasteiger partial charge in [-0.25, -0.2) is 0 Å². The molecule has 0 radical (unpaired) electrons. The molecule has 0 amide bonds. The van der Waals surface area contributed by atoms with Gasteiger partial charge >= 0.3 is 0 Å². The number of rotatable bonds is 4. The van der Waals surface area contributed by atoms with Crippen molar-refractivity contribution in [2.45, 2.75) is 51.0 Å². The van der Waals surface area contributed by atoms with E-state index in [1.165, 1.54) is 36.2 Å². The smallest absolute Gasteiger partial charge is 0.178 e. The Kier molecular flexibility index (Phi) is 4.73. The van der Waals surface area contributed by atoms with Crippen molar-refractivity contribution < 1.29 is 0 Å². The number of hydrogen-bond donors (Lipinski definition) is 0. The zero-order valence-corrected chi connectivity index (χ0v) is 17.7. The highest BCUT2D eigenvalue weighted by Crippen LogP contribution is 2.30. The van der Waals surface area contributed by atoms with E-state index in [1.807, 2.05) is 35.6 Å². The molecule has 5 rings (SSSR count). The van der Waals surface area contributed by atoms with Gasteiger partial charge in [0.15, 0.2) is 11.5 Å². The molecule has 0 bridgehead atoms. The summed E-state index contributed by atoms with van der Waals surface area (Å²) in [5.41, 5.74) is 5.10. The van der Waals surface area contributed by atoms with Gasteiger partial charge in [-0.15, -0.1) is 15.3 Å². The zero-order valence-electron chi connectivity index (χ0n) is 17.7. The van der Waals surface area contributed by atoms with Crippen LogP contribution in [0, 0.1) is 0 Å². The van der Waals surface area contributed by atoms with Crippen LogP contribution in [0.4, 0.5) is 5.82 Å². The van der Waals surface area contributed by atoms with Gasteiger partial charge < -0.3 is 4.90 Å². The Morgan fingerprint density at radius 2 is 1.83 bits per heavy atom. The molecule has 0 aromatic carbocycles. The number of piperidine rings is 1. The highest BCUT2D eigenvalue weighted by atomic mass is 15.4. The van der Waals surface area contributed by atoms with Crippen molar-refractivity contribution >= 4 is 11.5 Å². The average molecular weight is 395 g/mol. The fraction of sp³-hybridized carbons (Fsp3) is 0.619. The van der Waals surface area contributed by atoms with Crippen LogP contribution in [0.1, 0.15) is 54.4 Å². The average Bonchev–Trinajstić information content (AvgIpc) is 3.29. The van der Waals surface area contributed by atoms with Gasteiger partial charge in [0, 0.05) is 33.6 Å². The van der Waals surface area contributed by atoms with Crippen LogP contribution in [0.5, 0.6) is 0 Å². The second kappa shape index (κ2) is 7.40. The Morgan fingerprint density at radius 1 is 1.03 bits per heavy atom. The number of anilines is 1. The molecule has 0 spiro atoms. The van der Waals surface area contributed by atoms with E-state index in [0.29, 0.717) is 5.92 Å². The van der Waals surface area contributed by atoms with Crippen molar-refractivity contribution in [3.05, 3.63) is 34.9 Å². The van der Waals surface area contributed by atoms with Crippen LogP contribution < -0.4 is 4.90 Å². The normalized spacial score (nSPS) is 18.3. The van der Waals surface area contributed by atoms with Crippen LogP contribution in [0.2, 0.25) is 0 Å². The summed E-state index contributed by atoms with van der Waals surface area (Å²) in [6, 6.07) is 3.99. The molecule has 1 aliphatic carbocycles. The number of nitrogens with zero attached hydrogens (tertiary/aromatic N) is 8. The standard InChI is InChI=1S/C21H30N8/c1-26(2)20-9-8-19-22-23-21(29(19)25-20)15-10-12-28(13-11-15)14-18-16-6-4-5-7-17(16)24-27(18)3/h8-9,15H,4-7,10-14H2,1-3H3. The Morgan fingerprint density at radius 3 is 2.62 bits per heavy atom. The number of aromatic nitrogens is 6. The Hall–Kier alpha value is -2.48. The molecule has 4 heterocycles. The Balaban J connectivity index is 1.29. The molecule has 8 nitrogen and oxygen atoms in total. The summed E-state index contributed by atoms with van der Waals surface area (Å²) in [7, 11) is 6.12. The molecule has 3 aromatic rings. The molecule has 1 aliphatic heterocycles. The minimum Gasteiger partial charge on any atom is -0.361 e. The van der Waals surface area contributed by atoms with Crippen molar-refractivity contribution in [2.75, 3.05) is 32.1 Å². The fourth-order valence-corrected chi connectivity index (χ4v) is 4.80. The highest BCUT2D eigenvalue weighted by molar-refractivity contribution is 5.45. The van der Waals surface area contributed by atoms with Crippen LogP contribution in [0.3, 0.4) is 0 Å². The van der Waals surface area contributed by atoms with Crippen molar-refractivity contribution in [1.82, 2.24) is 34.5 Å². The molecule has 2 aliphatic rings. The van der Waals surface area contributed by atoms with Crippen LogP contribution in [-0.4, -0.2) is 61.7 Å². The number of fused-ring (bicyclic) bond motifs is 2. The lowest BCUT2D eigenvalue weighted by Gasteiger charge is -2.31. The van der Waals surface area contributed by atoms with Gasteiger partial charge in [0.1, 0.15) is 5.82 Å². The lowest BCUT2D eigenvalue weighted by molar-refractivity contribution is 0.196. The number of likely N-dealkylation sites (tertiary alicyclic amines) is 1. The van der Waals surface area contributed by atoms with E-state index in [9.17, 15) is 0 Å². The highest BCUT2D eigenvalue weighted by Gasteiger charge is 2.27. The lowest BCUT2D eigenvalue weighted by atomic mass is 9.94. The Labute approximate surface area is 171 Å². The topological polar surface area (TPSA) is 67.4 Å². The quantitative estimate of drug-likeness (QED) is 0.676. The summed E-state index contributed by atoms with van der Waals surface area (Å²) in [6.07, 6.45) is 7.11. The van der Waals surface area contributed by atoms with Gasteiger partial charge in [-0.1, -0.05) is 0 Å².